The molecular weight excluding hydrogens is 236 g/mol. The number of nitrogens with zero attached hydrogens (tertiary/aromatic N) is 3. The van der Waals surface area contributed by atoms with Crippen molar-refractivity contribution in [2.75, 3.05) is 30.3 Å². The molecule has 2 N–H and O–H groups in total. The van der Waals surface area contributed by atoms with E-state index in [-0.39, 0.29) is 11.5 Å². The van der Waals surface area contributed by atoms with Crippen molar-refractivity contribution in [3.05, 3.63) is 5.01 Å². The smallest absolute Gasteiger partial charge is 0.203 e. The largest absolute Gasteiger partial charge is 0.374 e. The van der Waals surface area contributed by atoms with Crippen molar-refractivity contribution in [3.63, 3.8) is 0 Å². The van der Waals surface area contributed by atoms with E-state index < -0.39 is 9.84 Å². The number of nitrogens with two attached hydrogens (primary N) is 1. The standard InChI is InChI=1S/C7H12N4O2S2/c8-7-10-9-6(14-7)5-11-1-3-15(12,13)4-2-11/h1-5H2,(H2,8,10). The van der Waals surface area contributed by atoms with Crippen molar-refractivity contribution in [2.45, 2.75) is 6.54 Å². The maximum atomic E-state index is 11.2. The van der Waals surface area contributed by atoms with E-state index in [1.165, 1.54) is 11.3 Å². The second-order valence-electron chi connectivity index (χ2n) is 3.46. The van der Waals surface area contributed by atoms with Crippen LogP contribution in [0.4, 0.5) is 5.13 Å². The van der Waals surface area contributed by atoms with Gasteiger partial charge in [-0.15, -0.1) is 10.2 Å². The van der Waals surface area contributed by atoms with Gasteiger partial charge in [0.25, 0.3) is 0 Å². The fraction of sp³-hybridized carbons (Fsp3) is 0.714. The van der Waals surface area contributed by atoms with Crippen LogP contribution in [0.1, 0.15) is 5.01 Å². The first kappa shape index (κ1) is 10.8. The lowest BCUT2D eigenvalue weighted by molar-refractivity contribution is 0.286. The number of anilines is 1. The average molecular weight is 248 g/mol. The summed E-state index contributed by atoms with van der Waals surface area (Å²) >= 11 is 1.35. The fourth-order valence-electron chi connectivity index (χ4n) is 1.43. The maximum absolute atomic E-state index is 11.2. The molecule has 15 heavy (non-hydrogen) atoms. The van der Waals surface area contributed by atoms with Gasteiger partial charge in [-0.05, 0) is 0 Å². The molecular formula is C7H12N4O2S2. The van der Waals surface area contributed by atoms with Crippen LogP contribution in [0.25, 0.3) is 0 Å². The van der Waals surface area contributed by atoms with Gasteiger partial charge in [-0.25, -0.2) is 8.42 Å². The molecule has 0 aliphatic carbocycles. The highest BCUT2D eigenvalue weighted by Gasteiger charge is 2.22. The van der Waals surface area contributed by atoms with Gasteiger partial charge in [0.2, 0.25) is 5.13 Å². The maximum Gasteiger partial charge on any atom is 0.203 e. The average Bonchev–Trinajstić information content (AvgIpc) is 2.55. The minimum absolute atomic E-state index is 0.237. The third kappa shape index (κ3) is 2.86. The molecule has 1 aliphatic heterocycles. The zero-order chi connectivity index (χ0) is 10.9. The van der Waals surface area contributed by atoms with E-state index in [0.29, 0.717) is 24.8 Å². The third-order valence-electron chi connectivity index (χ3n) is 2.28. The summed E-state index contributed by atoms with van der Waals surface area (Å²) in [4.78, 5) is 2.06. The Balaban J connectivity index is 1.92. The van der Waals surface area contributed by atoms with E-state index in [4.69, 9.17) is 5.73 Å². The topological polar surface area (TPSA) is 89.2 Å². The van der Waals surface area contributed by atoms with E-state index in [9.17, 15) is 8.42 Å². The van der Waals surface area contributed by atoms with E-state index >= 15 is 0 Å². The van der Waals surface area contributed by atoms with Gasteiger partial charge in [0.1, 0.15) is 5.01 Å². The van der Waals surface area contributed by atoms with Crippen molar-refractivity contribution in [2.24, 2.45) is 0 Å². The molecule has 0 aromatic carbocycles. The Hall–Kier alpha value is -0.730. The minimum Gasteiger partial charge on any atom is -0.374 e. The quantitative estimate of drug-likeness (QED) is 0.748. The van der Waals surface area contributed by atoms with Crippen LogP contribution >= 0.6 is 11.3 Å². The van der Waals surface area contributed by atoms with Crippen molar-refractivity contribution in [3.8, 4) is 0 Å². The van der Waals surface area contributed by atoms with Crippen LogP contribution in [0.3, 0.4) is 0 Å². The third-order valence-corrected chi connectivity index (χ3v) is 4.62. The molecule has 0 radical (unpaired) electrons. The molecule has 84 valence electrons. The number of nitrogen functional groups attached to an aromatic ring is 1. The van der Waals surface area contributed by atoms with Gasteiger partial charge in [0, 0.05) is 13.1 Å². The second-order valence-corrected chi connectivity index (χ2v) is 6.86. The molecule has 2 rings (SSSR count). The lowest BCUT2D eigenvalue weighted by atomic mass is 10.5. The summed E-state index contributed by atoms with van der Waals surface area (Å²) in [7, 11) is -2.80. The highest BCUT2D eigenvalue weighted by molar-refractivity contribution is 7.91. The zero-order valence-electron chi connectivity index (χ0n) is 8.09. The van der Waals surface area contributed by atoms with Gasteiger partial charge in [-0.2, -0.15) is 0 Å². The summed E-state index contributed by atoms with van der Waals surface area (Å²) < 4.78 is 22.4. The molecule has 1 saturated heterocycles. The Labute approximate surface area is 92.0 Å². The first-order valence-electron chi connectivity index (χ1n) is 4.56. The van der Waals surface area contributed by atoms with E-state index in [0.717, 1.165) is 5.01 Å². The number of sulfone groups is 1. The van der Waals surface area contributed by atoms with Gasteiger partial charge in [-0.1, -0.05) is 11.3 Å². The molecule has 1 aliphatic rings. The van der Waals surface area contributed by atoms with Crippen LogP contribution in [-0.4, -0.2) is 48.1 Å². The Kier molecular flexibility index (Phi) is 2.89. The lowest BCUT2D eigenvalue weighted by Crippen LogP contribution is -2.39. The first-order chi connectivity index (χ1) is 7.05. The first-order valence-corrected chi connectivity index (χ1v) is 7.19. The van der Waals surface area contributed by atoms with Crippen LogP contribution in [0.2, 0.25) is 0 Å². The molecule has 1 fully saturated rings. The predicted molar refractivity (Wildman–Crippen MR) is 58.3 cm³/mol. The van der Waals surface area contributed by atoms with Crippen molar-refractivity contribution in [1.82, 2.24) is 15.1 Å². The molecule has 1 aromatic heterocycles. The van der Waals surface area contributed by atoms with E-state index in [1.807, 2.05) is 0 Å². The summed E-state index contributed by atoms with van der Waals surface area (Å²) in [6.45, 7) is 1.79. The van der Waals surface area contributed by atoms with Gasteiger partial charge < -0.3 is 5.73 Å². The van der Waals surface area contributed by atoms with Crippen molar-refractivity contribution in [1.29, 1.82) is 0 Å². The van der Waals surface area contributed by atoms with E-state index in [2.05, 4.69) is 15.1 Å². The molecule has 1 aromatic rings. The summed E-state index contributed by atoms with van der Waals surface area (Å²) in [6, 6.07) is 0. The van der Waals surface area contributed by atoms with Crippen LogP contribution in [0, 0.1) is 0 Å². The zero-order valence-corrected chi connectivity index (χ0v) is 9.72. The molecule has 0 spiro atoms. The summed E-state index contributed by atoms with van der Waals surface area (Å²) in [6.07, 6.45) is 0. The summed E-state index contributed by atoms with van der Waals surface area (Å²) in [5, 5.41) is 8.90. The molecule has 0 atom stereocenters. The normalized spacial score (nSPS) is 21.6. The number of aromatic nitrogens is 2. The van der Waals surface area contributed by atoms with Crippen LogP contribution in [0.15, 0.2) is 0 Å². The Morgan fingerprint density at radius 1 is 1.33 bits per heavy atom. The number of hydrogen-bond acceptors (Lipinski definition) is 7. The summed E-state index contributed by atoms with van der Waals surface area (Å²) in [5.41, 5.74) is 5.46. The van der Waals surface area contributed by atoms with Crippen LogP contribution < -0.4 is 5.73 Å². The Morgan fingerprint density at radius 2 is 2.00 bits per heavy atom. The highest BCUT2D eigenvalue weighted by atomic mass is 32.2. The van der Waals surface area contributed by atoms with Crippen molar-refractivity contribution >= 4 is 26.3 Å². The molecule has 0 saturated carbocycles. The van der Waals surface area contributed by atoms with Gasteiger partial charge in [-0.3, -0.25) is 4.90 Å². The van der Waals surface area contributed by atoms with Gasteiger partial charge in [0.15, 0.2) is 9.84 Å². The number of hydrogen-bond donors (Lipinski definition) is 1. The minimum atomic E-state index is -2.80. The monoisotopic (exact) mass is 248 g/mol. The Bertz CT molecular complexity index is 428. The number of rotatable bonds is 2. The molecule has 6 nitrogen and oxygen atoms in total. The predicted octanol–water partition coefficient (Wildman–Crippen LogP) is -0.649. The molecule has 2 heterocycles. The summed E-state index contributed by atoms with van der Waals surface area (Å²) in [5.74, 6) is 0.475. The van der Waals surface area contributed by atoms with Crippen LogP contribution in [-0.2, 0) is 16.4 Å². The van der Waals surface area contributed by atoms with Gasteiger partial charge in [0.05, 0.1) is 18.1 Å². The molecule has 0 unspecified atom stereocenters. The molecule has 0 amide bonds. The Morgan fingerprint density at radius 3 is 2.53 bits per heavy atom. The van der Waals surface area contributed by atoms with Crippen molar-refractivity contribution < 1.29 is 8.42 Å². The SMILES string of the molecule is Nc1nnc(CN2CCS(=O)(=O)CC2)s1. The van der Waals surface area contributed by atoms with E-state index in [1.54, 1.807) is 0 Å². The fourth-order valence-corrected chi connectivity index (χ4v) is 3.36. The van der Waals surface area contributed by atoms with Crippen LogP contribution in [0.5, 0.6) is 0 Å². The molecule has 8 heteroatoms. The lowest BCUT2D eigenvalue weighted by Gasteiger charge is -2.25. The highest BCUT2D eigenvalue weighted by Crippen LogP contribution is 2.14. The van der Waals surface area contributed by atoms with Gasteiger partial charge >= 0.3 is 0 Å². The molecule has 0 bridgehead atoms. The second kappa shape index (κ2) is 4.03.